The Labute approximate surface area is 404 Å². The second-order valence-electron chi connectivity index (χ2n) is 18.8. The maximum atomic E-state index is 13.9. The molecule has 70 heavy (non-hydrogen) atoms. The number of likely N-dealkylation sites (N-methyl/N-ethyl adjacent to an activating group) is 1. The fraction of sp³-hybridized carbons (Fsp3) is 0.207. The van der Waals surface area contributed by atoms with Gasteiger partial charge in [-0.3, -0.25) is 19.2 Å². The maximum Gasteiger partial charge on any atom is 0.274 e. The molecule has 0 saturated carbocycles. The highest BCUT2D eigenvalue weighted by molar-refractivity contribution is 6.01. The quantitative estimate of drug-likeness (QED) is 0.140. The van der Waals surface area contributed by atoms with Crippen molar-refractivity contribution in [3.63, 3.8) is 0 Å². The van der Waals surface area contributed by atoms with E-state index in [1.54, 1.807) is 59.0 Å². The number of nitrogens with one attached hydrogen (secondary N) is 2. The van der Waals surface area contributed by atoms with E-state index in [0.29, 0.717) is 24.4 Å². The Kier molecular flexibility index (Phi) is 11.1. The van der Waals surface area contributed by atoms with Crippen LogP contribution in [0, 0.1) is 0 Å². The van der Waals surface area contributed by atoms with E-state index in [4.69, 9.17) is 9.47 Å². The van der Waals surface area contributed by atoms with Gasteiger partial charge in [0.15, 0.2) is 0 Å². The summed E-state index contributed by atoms with van der Waals surface area (Å²) in [6, 6.07) is 41.9. The first-order valence-electron chi connectivity index (χ1n) is 23.5. The minimum absolute atomic E-state index is 0.0397. The predicted octanol–water partition coefficient (Wildman–Crippen LogP) is 9.53. The summed E-state index contributed by atoms with van der Waals surface area (Å²) in [4.78, 5) is 63.0. The van der Waals surface area contributed by atoms with E-state index in [0.717, 1.165) is 89.1 Å². The van der Waals surface area contributed by atoms with Crippen LogP contribution < -0.4 is 16.7 Å². The van der Waals surface area contributed by atoms with Crippen molar-refractivity contribution >= 4 is 16.8 Å². The van der Waals surface area contributed by atoms with Crippen LogP contribution in [0.4, 0.5) is 0 Å². The summed E-state index contributed by atoms with van der Waals surface area (Å²) in [5.41, 5.74) is 14.0. The lowest BCUT2D eigenvalue weighted by Gasteiger charge is -2.38. The number of pyridine rings is 3. The molecular formula is C58H52N6O6. The van der Waals surface area contributed by atoms with Crippen LogP contribution in [-0.4, -0.2) is 61.3 Å². The Bertz CT molecular complexity index is 3730. The number of aromatic nitrogens is 5. The number of aromatic amines is 2. The molecule has 4 aromatic carbocycles. The first-order valence-corrected chi connectivity index (χ1v) is 23.5. The molecule has 4 atom stereocenters. The van der Waals surface area contributed by atoms with Crippen LogP contribution in [0.1, 0.15) is 63.2 Å². The number of methoxy groups -OCH3 is 1. The number of aryl methyl sites for hydroxylation is 3. The van der Waals surface area contributed by atoms with Crippen LogP contribution in [0.5, 0.6) is 0 Å². The van der Waals surface area contributed by atoms with E-state index in [1.165, 1.54) is 0 Å². The van der Waals surface area contributed by atoms with E-state index in [1.807, 2.05) is 105 Å². The number of rotatable bonds is 10. The lowest BCUT2D eigenvalue weighted by Crippen LogP contribution is -2.44. The van der Waals surface area contributed by atoms with Gasteiger partial charge in [-0.2, -0.15) is 0 Å². The largest absolute Gasteiger partial charge is 0.380 e. The summed E-state index contributed by atoms with van der Waals surface area (Å²) < 4.78 is 16.5. The molecule has 1 amide bonds. The maximum absolute atomic E-state index is 13.9. The van der Waals surface area contributed by atoms with Gasteiger partial charge in [-0.25, -0.2) is 0 Å². The fourth-order valence-corrected chi connectivity index (χ4v) is 10.6. The summed E-state index contributed by atoms with van der Waals surface area (Å²) in [6.07, 6.45) is 5.33. The third kappa shape index (κ3) is 7.56. The second kappa shape index (κ2) is 17.5. The Balaban J connectivity index is 0.939. The minimum atomic E-state index is -0.306. The molecule has 9 aromatic rings. The van der Waals surface area contributed by atoms with Crippen molar-refractivity contribution in [2.45, 2.75) is 37.5 Å². The van der Waals surface area contributed by atoms with Crippen LogP contribution in [-0.2, 0) is 37.2 Å². The van der Waals surface area contributed by atoms with Crippen molar-refractivity contribution in [1.82, 2.24) is 28.6 Å². The molecule has 2 aliphatic rings. The van der Waals surface area contributed by atoms with E-state index >= 15 is 0 Å². The molecule has 0 radical (unpaired) electrons. The zero-order chi connectivity index (χ0) is 48.5. The molecule has 5 aromatic heterocycles. The zero-order valence-corrected chi connectivity index (χ0v) is 39.8. The fourth-order valence-electron chi connectivity index (χ4n) is 10.6. The van der Waals surface area contributed by atoms with E-state index < -0.39 is 0 Å². The molecule has 2 aliphatic heterocycles. The molecule has 7 heterocycles. The number of carbonyl (C=O) groups is 1. The Morgan fingerprint density at radius 3 is 1.99 bits per heavy atom. The summed E-state index contributed by atoms with van der Waals surface area (Å²) in [6.45, 7) is 3.04. The SMILES string of the molecule is COCc1cccc(-c2cc3c([nH]2)C(=O)N(C)C(C)C3c2cc(=O)n(C)cc2-c2cccc(C3OCC3c3cccc(-c4cc5c(-c6cc(=O)n(C)cc6-c6ccccc6)cn(C)c(=O)c5[nH]4)c3)c2)c1. The van der Waals surface area contributed by atoms with Gasteiger partial charge in [0.05, 0.1) is 19.3 Å². The first-order chi connectivity index (χ1) is 33.9. The van der Waals surface area contributed by atoms with Crippen molar-refractivity contribution in [2.75, 3.05) is 20.8 Å². The summed E-state index contributed by atoms with van der Waals surface area (Å²) in [5.74, 6) is -0.364. The van der Waals surface area contributed by atoms with Crippen LogP contribution in [0.3, 0.4) is 0 Å². The first kappa shape index (κ1) is 44.4. The highest BCUT2D eigenvalue weighted by atomic mass is 16.5. The van der Waals surface area contributed by atoms with Gasteiger partial charge in [-0.15, -0.1) is 0 Å². The standard InChI is InChI=1S/C58H52N6O6/c1-33-53(44-25-50(60-55(44)58(68)64(33)5)38-18-10-13-34(21-38)31-69-6)42-27-52(66)62(3)29-46(42)36-16-12-20-40(23-36)56-48(32-70-56)37-17-11-19-39(22-37)49-24-43-47(30-63(4)57(67)54(43)59-49)41-26-51(65)61(2)28-45(41)35-14-8-7-9-15-35/h7-30,33,48,53,56,59-60H,31-32H2,1-6H3. The number of hydrogen-bond acceptors (Lipinski definition) is 6. The molecule has 11 rings (SSSR count). The summed E-state index contributed by atoms with van der Waals surface area (Å²) in [7, 11) is 8.73. The van der Waals surface area contributed by atoms with Crippen LogP contribution in [0.25, 0.3) is 66.8 Å². The van der Waals surface area contributed by atoms with Gasteiger partial charge in [-0.1, -0.05) is 84.9 Å². The third-order valence-electron chi connectivity index (χ3n) is 14.5. The van der Waals surface area contributed by atoms with Crippen molar-refractivity contribution in [1.29, 1.82) is 0 Å². The highest BCUT2D eigenvalue weighted by Gasteiger charge is 2.40. The van der Waals surface area contributed by atoms with E-state index in [-0.39, 0.29) is 46.6 Å². The van der Waals surface area contributed by atoms with Crippen molar-refractivity contribution in [3.8, 4) is 55.9 Å². The van der Waals surface area contributed by atoms with Gasteiger partial charge in [0.25, 0.3) is 22.6 Å². The second-order valence-corrected chi connectivity index (χ2v) is 18.8. The topological polar surface area (TPSA) is 136 Å². The van der Waals surface area contributed by atoms with Crippen LogP contribution >= 0.6 is 0 Å². The number of carbonyl (C=O) groups excluding carboxylic acids is 1. The average molecular weight is 929 g/mol. The zero-order valence-electron chi connectivity index (χ0n) is 39.8. The minimum Gasteiger partial charge on any atom is -0.380 e. The van der Waals surface area contributed by atoms with Gasteiger partial charge in [0.2, 0.25) is 0 Å². The molecule has 0 spiro atoms. The predicted molar refractivity (Wildman–Crippen MR) is 274 cm³/mol. The Hall–Kier alpha value is -8.06. The van der Waals surface area contributed by atoms with Crippen molar-refractivity contribution in [2.24, 2.45) is 21.1 Å². The molecule has 4 unspecified atom stereocenters. The van der Waals surface area contributed by atoms with Gasteiger partial charge in [0.1, 0.15) is 11.2 Å². The van der Waals surface area contributed by atoms with Gasteiger partial charge in [0, 0.05) is 117 Å². The Morgan fingerprint density at radius 1 is 0.600 bits per heavy atom. The van der Waals surface area contributed by atoms with E-state index in [2.05, 4.69) is 52.4 Å². The van der Waals surface area contributed by atoms with Gasteiger partial charge >= 0.3 is 0 Å². The summed E-state index contributed by atoms with van der Waals surface area (Å²) >= 11 is 0. The summed E-state index contributed by atoms with van der Waals surface area (Å²) in [5, 5.41) is 0.732. The average Bonchev–Trinajstić information content (AvgIpc) is 4.01. The highest BCUT2D eigenvalue weighted by Crippen LogP contribution is 2.47. The molecule has 0 aliphatic carbocycles. The molecular weight excluding hydrogens is 877 g/mol. The number of hydrogen-bond donors (Lipinski definition) is 2. The lowest BCUT2D eigenvalue weighted by atomic mass is 9.78. The normalized spacial score (nSPS) is 17.7. The number of benzene rings is 4. The monoisotopic (exact) mass is 928 g/mol. The molecule has 350 valence electrons. The van der Waals surface area contributed by atoms with Crippen LogP contribution in [0.2, 0.25) is 0 Å². The molecule has 1 saturated heterocycles. The van der Waals surface area contributed by atoms with Gasteiger partial charge < -0.3 is 38.0 Å². The molecule has 12 nitrogen and oxygen atoms in total. The van der Waals surface area contributed by atoms with E-state index in [9.17, 15) is 19.2 Å². The molecule has 1 fully saturated rings. The lowest BCUT2D eigenvalue weighted by molar-refractivity contribution is -0.0795. The number of H-pyrrole nitrogens is 2. The van der Waals surface area contributed by atoms with Crippen LogP contribution in [0.15, 0.2) is 160 Å². The smallest absolute Gasteiger partial charge is 0.274 e. The number of nitrogens with zero attached hydrogens (tertiary/aromatic N) is 4. The third-order valence-corrected chi connectivity index (χ3v) is 14.5. The van der Waals surface area contributed by atoms with Crippen molar-refractivity contribution < 1.29 is 14.3 Å². The molecule has 2 N–H and O–H groups in total. The number of ether oxygens (including phenoxy) is 2. The number of fused-ring (bicyclic) bond motifs is 2. The number of amides is 1. The van der Waals surface area contributed by atoms with Gasteiger partial charge in [-0.05, 0) is 92.9 Å². The van der Waals surface area contributed by atoms with Crippen molar-refractivity contribution in [3.05, 3.63) is 211 Å². The molecule has 12 heteroatoms. The Morgan fingerprint density at radius 2 is 1.24 bits per heavy atom. The molecule has 0 bridgehead atoms.